The molecular formula is C20H16O3. The van der Waals surface area contributed by atoms with Gasteiger partial charge in [0, 0.05) is 6.42 Å². The molecule has 0 radical (unpaired) electrons. The van der Waals surface area contributed by atoms with Crippen LogP contribution in [-0.2, 0) is 27.4 Å². The highest BCUT2D eigenvalue weighted by atomic mass is 16.5. The van der Waals surface area contributed by atoms with E-state index in [0.29, 0.717) is 0 Å². The third-order valence-corrected chi connectivity index (χ3v) is 3.67. The summed E-state index contributed by atoms with van der Waals surface area (Å²) in [6.45, 7) is 0.112. The van der Waals surface area contributed by atoms with Crippen molar-refractivity contribution in [3.8, 4) is 0 Å². The predicted octanol–water partition coefficient (Wildman–Crippen LogP) is 3.69. The van der Waals surface area contributed by atoms with Crippen molar-refractivity contribution >= 4 is 22.5 Å². The molecule has 0 aromatic heterocycles. The van der Waals surface area contributed by atoms with Crippen molar-refractivity contribution in [2.24, 2.45) is 0 Å². The molecule has 0 saturated carbocycles. The van der Waals surface area contributed by atoms with Crippen LogP contribution in [0.5, 0.6) is 0 Å². The van der Waals surface area contributed by atoms with Gasteiger partial charge in [-0.3, -0.25) is 4.79 Å². The average Bonchev–Trinajstić information content (AvgIpc) is 2.61. The molecule has 0 unspecified atom stereocenters. The Kier molecular flexibility index (Phi) is 4.48. The number of ether oxygens (including phenoxy) is 1. The summed E-state index contributed by atoms with van der Waals surface area (Å²) >= 11 is 0. The van der Waals surface area contributed by atoms with E-state index in [1.807, 2.05) is 72.8 Å². The van der Waals surface area contributed by atoms with Crippen LogP contribution in [0.4, 0.5) is 0 Å². The van der Waals surface area contributed by atoms with Gasteiger partial charge in [-0.05, 0) is 21.9 Å². The molecule has 0 aliphatic rings. The first-order valence-electron chi connectivity index (χ1n) is 7.44. The standard InChI is InChI=1S/C20H16O3/c21-19(20(22)23-14-15-7-2-1-3-8-15)13-17-11-6-10-16-9-4-5-12-18(16)17/h1-12H,13-14H2. The molecule has 0 aliphatic heterocycles. The van der Waals surface area contributed by atoms with Gasteiger partial charge in [0.25, 0.3) is 0 Å². The molecule has 3 heteroatoms. The maximum atomic E-state index is 12.1. The normalized spacial score (nSPS) is 10.4. The summed E-state index contributed by atoms with van der Waals surface area (Å²) in [6.07, 6.45) is 0.0506. The van der Waals surface area contributed by atoms with E-state index in [1.54, 1.807) is 0 Å². The lowest BCUT2D eigenvalue weighted by molar-refractivity contribution is -0.154. The van der Waals surface area contributed by atoms with Gasteiger partial charge < -0.3 is 4.74 Å². The van der Waals surface area contributed by atoms with Gasteiger partial charge >= 0.3 is 5.97 Å². The van der Waals surface area contributed by atoms with Crippen molar-refractivity contribution in [1.29, 1.82) is 0 Å². The third kappa shape index (κ3) is 3.64. The second-order valence-electron chi connectivity index (χ2n) is 5.30. The number of fused-ring (bicyclic) bond motifs is 1. The minimum atomic E-state index is -0.790. The molecular weight excluding hydrogens is 288 g/mol. The van der Waals surface area contributed by atoms with Crippen LogP contribution in [0.15, 0.2) is 72.8 Å². The Labute approximate surface area is 134 Å². The Bertz CT molecular complexity index is 832. The average molecular weight is 304 g/mol. The molecule has 23 heavy (non-hydrogen) atoms. The summed E-state index contributed by atoms with van der Waals surface area (Å²) in [6, 6.07) is 22.8. The van der Waals surface area contributed by atoms with Crippen molar-refractivity contribution < 1.29 is 14.3 Å². The van der Waals surface area contributed by atoms with E-state index in [1.165, 1.54) is 0 Å². The Morgan fingerprint density at radius 2 is 1.48 bits per heavy atom. The van der Waals surface area contributed by atoms with Gasteiger partial charge in [-0.2, -0.15) is 0 Å². The maximum absolute atomic E-state index is 12.1. The van der Waals surface area contributed by atoms with Crippen LogP contribution >= 0.6 is 0 Å². The van der Waals surface area contributed by atoms with Gasteiger partial charge in [0.1, 0.15) is 6.61 Å². The van der Waals surface area contributed by atoms with E-state index < -0.39 is 11.8 Å². The number of Topliss-reactive ketones (excluding diaryl/α,β-unsaturated/α-hetero) is 1. The number of carbonyl (C=O) groups is 2. The first-order chi connectivity index (χ1) is 11.2. The molecule has 0 N–H and O–H groups in total. The van der Waals surface area contributed by atoms with E-state index in [4.69, 9.17) is 4.74 Å². The maximum Gasteiger partial charge on any atom is 0.375 e. The molecule has 0 fully saturated rings. The number of esters is 1. The first-order valence-corrected chi connectivity index (χ1v) is 7.44. The Morgan fingerprint density at radius 1 is 0.783 bits per heavy atom. The van der Waals surface area contributed by atoms with Gasteiger partial charge in [0.2, 0.25) is 5.78 Å². The fourth-order valence-electron chi connectivity index (χ4n) is 2.50. The summed E-state index contributed by atoms with van der Waals surface area (Å²) in [5.41, 5.74) is 1.70. The van der Waals surface area contributed by atoms with Gasteiger partial charge in [0.05, 0.1) is 0 Å². The minimum absolute atomic E-state index is 0.0506. The number of rotatable bonds is 5. The van der Waals surface area contributed by atoms with E-state index in [2.05, 4.69) is 0 Å². The van der Waals surface area contributed by atoms with E-state index in [0.717, 1.165) is 21.9 Å². The first kappa shape index (κ1) is 15.0. The molecule has 0 spiro atoms. The lowest BCUT2D eigenvalue weighted by Gasteiger charge is -2.07. The molecule has 114 valence electrons. The van der Waals surface area contributed by atoms with Crippen molar-refractivity contribution in [2.45, 2.75) is 13.0 Å². The summed E-state index contributed by atoms with van der Waals surface area (Å²) < 4.78 is 5.09. The van der Waals surface area contributed by atoms with Crippen molar-refractivity contribution in [1.82, 2.24) is 0 Å². The zero-order chi connectivity index (χ0) is 16.1. The fourth-order valence-corrected chi connectivity index (χ4v) is 2.50. The highest BCUT2D eigenvalue weighted by molar-refractivity contribution is 6.34. The van der Waals surface area contributed by atoms with Gasteiger partial charge in [-0.1, -0.05) is 72.8 Å². The monoisotopic (exact) mass is 304 g/mol. The molecule has 0 aliphatic carbocycles. The Morgan fingerprint density at radius 3 is 2.30 bits per heavy atom. The second-order valence-corrected chi connectivity index (χ2v) is 5.30. The fraction of sp³-hybridized carbons (Fsp3) is 0.100. The highest BCUT2D eigenvalue weighted by Crippen LogP contribution is 2.19. The second kappa shape index (κ2) is 6.88. The van der Waals surface area contributed by atoms with Crippen molar-refractivity contribution in [3.63, 3.8) is 0 Å². The number of hydrogen-bond donors (Lipinski definition) is 0. The van der Waals surface area contributed by atoms with Crippen LogP contribution in [0.2, 0.25) is 0 Å². The van der Waals surface area contributed by atoms with Crippen LogP contribution in [-0.4, -0.2) is 11.8 Å². The smallest absolute Gasteiger partial charge is 0.375 e. The zero-order valence-electron chi connectivity index (χ0n) is 12.6. The number of ketones is 1. The Balaban J connectivity index is 1.67. The SMILES string of the molecule is O=C(Cc1cccc2ccccc12)C(=O)OCc1ccccc1. The number of benzene rings is 3. The van der Waals surface area contributed by atoms with Crippen LogP contribution < -0.4 is 0 Å². The summed E-state index contributed by atoms with van der Waals surface area (Å²) in [5, 5.41) is 2.04. The van der Waals surface area contributed by atoms with E-state index >= 15 is 0 Å². The molecule has 0 heterocycles. The lowest BCUT2D eigenvalue weighted by atomic mass is 10.0. The quantitative estimate of drug-likeness (QED) is 0.533. The number of hydrogen-bond acceptors (Lipinski definition) is 3. The zero-order valence-corrected chi connectivity index (χ0v) is 12.6. The van der Waals surface area contributed by atoms with Crippen LogP contribution in [0, 0.1) is 0 Å². The third-order valence-electron chi connectivity index (χ3n) is 3.67. The molecule has 3 aromatic carbocycles. The lowest BCUT2D eigenvalue weighted by Crippen LogP contribution is -2.19. The minimum Gasteiger partial charge on any atom is -0.455 e. The Hall–Kier alpha value is -2.94. The topological polar surface area (TPSA) is 43.4 Å². The number of carbonyl (C=O) groups excluding carboxylic acids is 2. The molecule has 0 amide bonds. The molecule has 0 bridgehead atoms. The molecule has 3 nitrogen and oxygen atoms in total. The van der Waals surface area contributed by atoms with Crippen LogP contribution in [0.25, 0.3) is 10.8 Å². The van der Waals surface area contributed by atoms with Gasteiger partial charge in [-0.25, -0.2) is 4.79 Å². The van der Waals surface area contributed by atoms with E-state index in [9.17, 15) is 9.59 Å². The van der Waals surface area contributed by atoms with Gasteiger partial charge in [-0.15, -0.1) is 0 Å². The molecule has 0 saturated heterocycles. The molecule has 3 rings (SSSR count). The van der Waals surface area contributed by atoms with Crippen LogP contribution in [0.1, 0.15) is 11.1 Å². The van der Waals surface area contributed by atoms with Gasteiger partial charge in [0.15, 0.2) is 0 Å². The van der Waals surface area contributed by atoms with Crippen LogP contribution in [0.3, 0.4) is 0 Å². The summed E-state index contributed by atoms with van der Waals surface area (Å²) in [4.78, 5) is 24.0. The molecule has 3 aromatic rings. The summed E-state index contributed by atoms with van der Waals surface area (Å²) in [7, 11) is 0. The molecule has 0 atom stereocenters. The van der Waals surface area contributed by atoms with Crippen molar-refractivity contribution in [2.75, 3.05) is 0 Å². The van der Waals surface area contributed by atoms with Crippen molar-refractivity contribution in [3.05, 3.63) is 83.9 Å². The van der Waals surface area contributed by atoms with E-state index in [-0.39, 0.29) is 13.0 Å². The predicted molar refractivity (Wildman–Crippen MR) is 88.9 cm³/mol. The highest BCUT2D eigenvalue weighted by Gasteiger charge is 2.17. The largest absolute Gasteiger partial charge is 0.455 e. The summed E-state index contributed by atoms with van der Waals surface area (Å²) in [5.74, 6) is -1.32.